The smallest absolute Gasteiger partial charge is 0.416 e. The third-order valence-corrected chi connectivity index (χ3v) is 4.92. The quantitative estimate of drug-likeness (QED) is 0.780. The zero-order valence-electron chi connectivity index (χ0n) is 13.4. The number of alkyl halides is 3. The molecule has 4 nitrogen and oxygen atoms in total. The Hall–Kier alpha value is -2.74. The number of hydrogen-bond donors (Lipinski definition) is 1. The molecule has 1 heterocycles. The molecule has 134 valence electrons. The van der Waals surface area contributed by atoms with Crippen LogP contribution in [0.25, 0.3) is 6.08 Å². The second-order valence-electron chi connectivity index (χ2n) is 5.58. The van der Waals surface area contributed by atoms with Gasteiger partial charge in [0.2, 0.25) is 0 Å². The van der Waals surface area contributed by atoms with E-state index in [1.54, 1.807) is 6.07 Å². The van der Waals surface area contributed by atoms with Gasteiger partial charge in [0.15, 0.2) is 0 Å². The molecule has 0 fully saturated rings. The lowest BCUT2D eigenvalue weighted by atomic mass is 10.1. The maximum absolute atomic E-state index is 12.6. The van der Waals surface area contributed by atoms with Gasteiger partial charge >= 0.3 is 12.1 Å². The molecule has 0 bridgehead atoms. The Morgan fingerprint density at radius 1 is 1.15 bits per heavy atom. The number of amides is 1. The van der Waals surface area contributed by atoms with Gasteiger partial charge in [0.05, 0.1) is 21.7 Å². The fourth-order valence-electron chi connectivity index (χ4n) is 2.45. The van der Waals surface area contributed by atoms with E-state index in [9.17, 15) is 22.8 Å². The fourth-order valence-corrected chi connectivity index (χ4v) is 3.54. The van der Waals surface area contributed by atoms with Crippen molar-refractivity contribution in [2.75, 3.05) is 11.9 Å². The Balaban J connectivity index is 1.94. The number of halogens is 3. The molecule has 1 aliphatic rings. The second kappa shape index (κ2) is 6.53. The highest BCUT2D eigenvalue weighted by molar-refractivity contribution is 8.04. The van der Waals surface area contributed by atoms with Gasteiger partial charge in [-0.3, -0.25) is 4.79 Å². The number of aromatic carboxylic acids is 1. The van der Waals surface area contributed by atoms with E-state index < -0.39 is 17.7 Å². The molecular formula is C18H12F3NO3S. The van der Waals surface area contributed by atoms with Crippen LogP contribution in [-0.4, -0.2) is 24.0 Å². The number of rotatable bonds is 2. The molecule has 1 amide bonds. The summed E-state index contributed by atoms with van der Waals surface area (Å²) in [6.45, 7) is 0. The van der Waals surface area contributed by atoms with Crippen LogP contribution in [0, 0.1) is 0 Å². The van der Waals surface area contributed by atoms with Crippen LogP contribution in [0.4, 0.5) is 18.9 Å². The molecular weight excluding hydrogens is 367 g/mol. The van der Waals surface area contributed by atoms with Gasteiger partial charge in [-0.15, -0.1) is 0 Å². The molecule has 8 heteroatoms. The number of anilines is 1. The maximum Gasteiger partial charge on any atom is 0.416 e. The molecule has 1 aliphatic heterocycles. The monoisotopic (exact) mass is 379 g/mol. The van der Waals surface area contributed by atoms with E-state index in [4.69, 9.17) is 5.11 Å². The van der Waals surface area contributed by atoms with E-state index >= 15 is 0 Å². The lowest BCUT2D eigenvalue weighted by Crippen LogP contribution is -2.30. The zero-order valence-corrected chi connectivity index (χ0v) is 14.2. The number of benzene rings is 2. The maximum atomic E-state index is 12.6. The lowest BCUT2D eigenvalue weighted by Gasteiger charge is -2.27. The van der Waals surface area contributed by atoms with Gasteiger partial charge in [0.1, 0.15) is 0 Å². The van der Waals surface area contributed by atoms with Crippen LogP contribution in [0.3, 0.4) is 0 Å². The zero-order chi connectivity index (χ0) is 19.1. The summed E-state index contributed by atoms with van der Waals surface area (Å²) in [5, 5.41) is 9.06. The minimum Gasteiger partial charge on any atom is -0.478 e. The van der Waals surface area contributed by atoms with Gasteiger partial charge in [-0.05, 0) is 42.0 Å². The van der Waals surface area contributed by atoms with Gasteiger partial charge in [-0.1, -0.05) is 23.9 Å². The average Bonchev–Trinajstić information content (AvgIpc) is 2.58. The summed E-state index contributed by atoms with van der Waals surface area (Å²) in [5.41, 5.74) is 0.252. The van der Waals surface area contributed by atoms with Crippen molar-refractivity contribution >= 4 is 35.4 Å². The van der Waals surface area contributed by atoms with Crippen molar-refractivity contribution in [1.82, 2.24) is 0 Å². The van der Waals surface area contributed by atoms with Gasteiger partial charge in [0, 0.05) is 11.9 Å². The molecule has 2 aromatic rings. The Morgan fingerprint density at radius 2 is 1.81 bits per heavy atom. The van der Waals surface area contributed by atoms with Gasteiger partial charge in [-0.25, -0.2) is 4.79 Å². The molecule has 0 saturated heterocycles. The minimum absolute atomic E-state index is 0.0687. The summed E-state index contributed by atoms with van der Waals surface area (Å²) in [6.07, 6.45) is -2.90. The van der Waals surface area contributed by atoms with Gasteiger partial charge < -0.3 is 10.0 Å². The second-order valence-corrected chi connectivity index (χ2v) is 6.67. The van der Waals surface area contributed by atoms with E-state index in [1.165, 1.54) is 42.3 Å². The van der Waals surface area contributed by atoms with E-state index in [0.29, 0.717) is 21.1 Å². The predicted octanol–water partition coefficient (Wildman–Crippen LogP) is 4.51. The summed E-state index contributed by atoms with van der Waals surface area (Å²) >= 11 is 1.15. The van der Waals surface area contributed by atoms with Crippen LogP contribution in [0.15, 0.2) is 52.3 Å². The summed E-state index contributed by atoms with van der Waals surface area (Å²) in [7, 11) is 1.52. The summed E-state index contributed by atoms with van der Waals surface area (Å²) in [5.74, 6) is -1.45. The van der Waals surface area contributed by atoms with Crippen molar-refractivity contribution in [1.29, 1.82) is 0 Å². The molecule has 0 atom stereocenters. The SMILES string of the molecule is CN1C(=O)/C(=C/c2ccc(C(F)(F)F)cc2)Sc2ccc(C(=O)O)cc21. The molecule has 0 unspecified atom stereocenters. The van der Waals surface area contributed by atoms with Crippen molar-refractivity contribution < 1.29 is 27.9 Å². The number of carbonyl (C=O) groups excluding carboxylic acids is 1. The largest absolute Gasteiger partial charge is 0.478 e. The first-order chi connectivity index (χ1) is 12.2. The molecule has 0 saturated carbocycles. The van der Waals surface area contributed by atoms with E-state index in [1.807, 2.05) is 0 Å². The molecule has 0 aromatic heterocycles. The molecule has 1 N–H and O–H groups in total. The first-order valence-corrected chi connectivity index (χ1v) is 8.20. The highest BCUT2D eigenvalue weighted by Crippen LogP contribution is 2.42. The molecule has 0 aliphatic carbocycles. The summed E-state index contributed by atoms with van der Waals surface area (Å²) in [6, 6.07) is 8.97. The van der Waals surface area contributed by atoms with Crippen molar-refractivity contribution in [3.05, 3.63) is 64.1 Å². The normalized spacial score (nSPS) is 15.9. The van der Waals surface area contributed by atoms with E-state index in [2.05, 4.69) is 0 Å². The third-order valence-electron chi connectivity index (χ3n) is 3.84. The number of carbonyl (C=O) groups is 2. The summed E-state index contributed by atoms with van der Waals surface area (Å²) < 4.78 is 37.9. The Labute approximate surface area is 150 Å². The predicted molar refractivity (Wildman–Crippen MR) is 92.1 cm³/mol. The van der Waals surface area contributed by atoms with Crippen molar-refractivity contribution in [2.24, 2.45) is 0 Å². The van der Waals surface area contributed by atoms with E-state index in [-0.39, 0.29) is 11.5 Å². The standard InChI is InChI=1S/C18H12F3NO3S/c1-22-13-9-11(17(24)25)4-7-14(13)26-15(16(22)23)8-10-2-5-12(6-3-10)18(19,20)21/h2-9H,1H3,(H,24,25)/b15-8-. The fraction of sp³-hybridized carbons (Fsp3) is 0.111. The minimum atomic E-state index is -4.41. The number of nitrogens with zero attached hydrogens (tertiary/aromatic N) is 1. The first-order valence-electron chi connectivity index (χ1n) is 7.39. The first kappa shape index (κ1) is 18.1. The molecule has 3 rings (SSSR count). The Morgan fingerprint density at radius 3 is 2.38 bits per heavy atom. The van der Waals surface area contributed by atoms with Crippen molar-refractivity contribution in [3.8, 4) is 0 Å². The van der Waals surface area contributed by atoms with Gasteiger partial charge in [0.25, 0.3) is 5.91 Å². The highest BCUT2D eigenvalue weighted by Gasteiger charge is 2.30. The number of carboxylic acids is 1. The topological polar surface area (TPSA) is 57.6 Å². The lowest BCUT2D eigenvalue weighted by molar-refractivity contribution is -0.137. The number of thioether (sulfide) groups is 1. The van der Waals surface area contributed by atoms with Gasteiger partial charge in [-0.2, -0.15) is 13.2 Å². The van der Waals surface area contributed by atoms with E-state index in [0.717, 1.165) is 23.9 Å². The van der Waals surface area contributed by atoms with Crippen LogP contribution in [0.1, 0.15) is 21.5 Å². The number of fused-ring (bicyclic) bond motifs is 1. The van der Waals surface area contributed by atoms with Crippen LogP contribution < -0.4 is 4.90 Å². The molecule has 26 heavy (non-hydrogen) atoms. The average molecular weight is 379 g/mol. The summed E-state index contributed by atoms with van der Waals surface area (Å²) in [4.78, 5) is 25.9. The van der Waals surface area contributed by atoms with Crippen molar-refractivity contribution in [2.45, 2.75) is 11.1 Å². The van der Waals surface area contributed by atoms with Crippen LogP contribution in [-0.2, 0) is 11.0 Å². The third kappa shape index (κ3) is 3.45. The van der Waals surface area contributed by atoms with Crippen molar-refractivity contribution in [3.63, 3.8) is 0 Å². The number of carboxylic acid groups (broad SMARTS) is 1. The van der Waals surface area contributed by atoms with Crippen LogP contribution in [0.2, 0.25) is 0 Å². The van der Waals surface area contributed by atoms with Crippen LogP contribution >= 0.6 is 11.8 Å². The Kier molecular flexibility index (Phi) is 4.53. The molecule has 2 aromatic carbocycles. The number of hydrogen-bond acceptors (Lipinski definition) is 3. The highest BCUT2D eigenvalue weighted by atomic mass is 32.2. The molecule has 0 spiro atoms. The van der Waals surface area contributed by atoms with Crippen LogP contribution in [0.5, 0.6) is 0 Å². The Bertz CT molecular complexity index is 920. The number of likely N-dealkylation sites (N-methyl/N-ethyl adjacent to an activating group) is 1. The molecule has 0 radical (unpaired) electrons.